The van der Waals surface area contributed by atoms with Crippen LogP contribution in [0.25, 0.3) is 11.4 Å². The predicted molar refractivity (Wildman–Crippen MR) is 98.5 cm³/mol. The molecular formula is C20H26N4O. The SMILES string of the molecule is Cc1nc(-c2cccnc2)nc(NC2CCOC3(CCCC3)C2)c1C. The van der Waals surface area contributed by atoms with Gasteiger partial charge in [0.05, 0.1) is 5.60 Å². The fourth-order valence-corrected chi connectivity index (χ4v) is 4.11. The third-order valence-electron chi connectivity index (χ3n) is 5.66. The second-order valence-corrected chi connectivity index (χ2v) is 7.42. The molecule has 1 aliphatic carbocycles. The van der Waals surface area contributed by atoms with E-state index in [9.17, 15) is 0 Å². The van der Waals surface area contributed by atoms with Gasteiger partial charge in [-0.15, -0.1) is 0 Å². The number of anilines is 1. The standard InChI is InChI=1S/C20H26N4O/c1-14-15(2)22-19(16-6-5-10-21-13-16)24-18(14)23-17-7-11-25-20(12-17)8-3-4-9-20/h5-6,10,13,17H,3-4,7-9,11-12H2,1-2H3,(H,22,23,24). The Morgan fingerprint density at radius 2 is 2.04 bits per heavy atom. The minimum atomic E-state index is 0.109. The summed E-state index contributed by atoms with van der Waals surface area (Å²) in [6.07, 6.45) is 10.7. The molecule has 2 aromatic rings. The molecule has 2 aromatic heterocycles. The number of rotatable bonds is 3. The molecule has 1 spiro atoms. The number of ether oxygens (including phenoxy) is 1. The van der Waals surface area contributed by atoms with Gasteiger partial charge >= 0.3 is 0 Å². The van der Waals surface area contributed by atoms with Crippen LogP contribution in [0.1, 0.15) is 49.8 Å². The van der Waals surface area contributed by atoms with Crippen LogP contribution in [0.4, 0.5) is 5.82 Å². The van der Waals surface area contributed by atoms with Crippen LogP contribution in [0, 0.1) is 13.8 Å². The third-order valence-corrected chi connectivity index (χ3v) is 5.66. The van der Waals surface area contributed by atoms with Crippen molar-refractivity contribution in [3.05, 3.63) is 35.8 Å². The van der Waals surface area contributed by atoms with Gasteiger partial charge in [0.2, 0.25) is 0 Å². The van der Waals surface area contributed by atoms with Gasteiger partial charge in [-0.3, -0.25) is 4.98 Å². The van der Waals surface area contributed by atoms with Crippen molar-refractivity contribution in [1.82, 2.24) is 15.0 Å². The normalized spacial score (nSPS) is 22.2. The highest BCUT2D eigenvalue weighted by molar-refractivity contribution is 5.58. The van der Waals surface area contributed by atoms with E-state index in [2.05, 4.69) is 22.2 Å². The maximum absolute atomic E-state index is 6.16. The van der Waals surface area contributed by atoms with Crippen LogP contribution >= 0.6 is 0 Å². The largest absolute Gasteiger partial charge is 0.375 e. The Kier molecular flexibility index (Phi) is 4.42. The Morgan fingerprint density at radius 3 is 2.80 bits per heavy atom. The highest BCUT2D eigenvalue weighted by atomic mass is 16.5. The topological polar surface area (TPSA) is 59.9 Å². The molecule has 1 saturated heterocycles. The van der Waals surface area contributed by atoms with Crippen molar-refractivity contribution in [1.29, 1.82) is 0 Å². The van der Waals surface area contributed by atoms with Gasteiger partial charge in [-0.1, -0.05) is 12.8 Å². The van der Waals surface area contributed by atoms with E-state index < -0.39 is 0 Å². The molecule has 1 N–H and O–H groups in total. The van der Waals surface area contributed by atoms with Crippen molar-refractivity contribution < 1.29 is 4.74 Å². The zero-order valence-electron chi connectivity index (χ0n) is 15.1. The van der Waals surface area contributed by atoms with E-state index in [1.165, 1.54) is 25.7 Å². The lowest BCUT2D eigenvalue weighted by atomic mass is 9.89. The van der Waals surface area contributed by atoms with Crippen LogP contribution < -0.4 is 5.32 Å². The summed E-state index contributed by atoms with van der Waals surface area (Å²) < 4.78 is 6.16. The monoisotopic (exact) mass is 338 g/mol. The van der Waals surface area contributed by atoms with E-state index in [0.717, 1.165) is 47.9 Å². The van der Waals surface area contributed by atoms with Crippen LogP contribution in [0.2, 0.25) is 0 Å². The van der Waals surface area contributed by atoms with Crippen molar-refractivity contribution in [2.24, 2.45) is 0 Å². The molecule has 2 aliphatic rings. The summed E-state index contributed by atoms with van der Waals surface area (Å²) >= 11 is 0. The van der Waals surface area contributed by atoms with Gasteiger partial charge in [-0.2, -0.15) is 0 Å². The van der Waals surface area contributed by atoms with E-state index in [4.69, 9.17) is 9.72 Å². The second-order valence-electron chi connectivity index (χ2n) is 7.42. The van der Waals surface area contributed by atoms with Crippen molar-refractivity contribution in [2.45, 2.75) is 64.0 Å². The fourth-order valence-electron chi connectivity index (χ4n) is 4.11. The lowest BCUT2D eigenvalue weighted by molar-refractivity contribution is -0.0767. The molecule has 3 heterocycles. The zero-order chi connectivity index (χ0) is 17.3. The summed E-state index contributed by atoms with van der Waals surface area (Å²) in [5, 5.41) is 3.70. The van der Waals surface area contributed by atoms with E-state index in [1.807, 2.05) is 25.3 Å². The summed E-state index contributed by atoms with van der Waals surface area (Å²) in [4.78, 5) is 13.7. The molecule has 132 valence electrons. The first-order valence-corrected chi connectivity index (χ1v) is 9.31. The molecule has 0 radical (unpaired) electrons. The average Bonchev–Trinajstić information content (AvgIpc) is 3.07. The molecule has 0 aromatic carbocycles. The summed E-state index contributed by atoms with van der Waals surface area (Å²) in [5.74, 6) is 1.69. The number of nitrogens with one attached hydrogen (secondary N) is 1. The van der Waals surface area contributed by atoms with Crippen molar-refractivity contribution >= 4 is 5.82 Å². The van der Waals surface area contributed by atoms with E-state index in [1.54, 1.807) is 6.20 Å². The van der Waals surface area contributed by atoms with Crippen LogP contribution in [-0.2, 0) is 4.74 Å². The number of aryl methyl sites for hydroxylation is 1. The molecular weight excluding hydrogens is 312 g/mol. The second kappa shape index (κ2) is 6.71. The van der Waals surface area contributed by atoms with Gasteiger partial charge in [-0.25, -0.2) is 9.97 Å². The number of pyridine rings is 1. The van der Waals surface area contributed by atoms with Gasteiger partial charge in [0.25, 0.3) is 0 Å². The van der Waals surface area contributed by atoms with Crippen molar-refractivity contribution in [3.63, 3.8) is 0 Å². The molecule has 1 saturated carbocycles. The summed E-state index contributed by atoms with van der Waals surface area (Å²) in [6.45, 7) is 4.98. The minimum Gasteiger partial charge on any atom is -0.375 e. The fraction of sp³-hybridized carbons (Fsp3) is 0.550. The van der Waals surface area contributed by atoms with Crippen LogP contribution in [0.5, 0.6) is 0 Å². The highest BCUT2D eigenvalue weighted by Gasteiger charge is 2.40. The summed E-state index contributed by atoms with van der Waals surface area (Å²) in [6, 6.07) is 4.34. The predicted octanol–water partition coefficient (Wildman–Crippen LogP) is 4.06. The molecule has 0 amide bonds. The molecule has 4 rings (SSSR count). The van der Waals surface area contributed by atoms with Crippen molar-refractivity contribution in [3.8, 4) is 11.4 Å². The van der Waals surface area contributed by atoms with E-state index in [-0.39, 0.29) is 5.60 Å². The first-order valence-electron chi connectivity index (χ1n) is 9.31. The number of hydrogen-bond acceptors (Lipinski definition) is 5. The Morgan fingerprint density at radius 1 is 1.20 bits per heavy atom. The quantitative estimate of drug-likeness (QED) is 0.914. The molecule has 5 heteroatoms. The third kappa shape index (κ3) is 3.38. The first-order chi connectivity index (χ1) is 12.2. The van der Waals surface area contributed by atoms with Crippen LogP contribution in [-0.4, -0.2) is 33.2 Å². The Bertz CT molecular complexity index is 741. The number of aromatic nitrogens is 3. The molecule has 25 heavy (non-hydrogen) atoms. The lowest BCUT2D eigenvalue weighted by Gasteiger charge is -2.39. The summed E-state index contributed by atoms with van der Waals surface area (Å²) in [7, 11) is 0. The van der Waals surface area contributed by atoms with Gasteiger partial charge in [0.1, 0.15) is 5.82 Å². The van der Waals surface area contributed by atoms with Crippen LogP contribution in [0.3, 0.4) is 0 Å². The Labute approximate surface area is 149 Å². The van der Waals surface area contributed by atoms with Crippen molar-refractivity contribution in [2.75, 3.05) is 11.9 Å². The molecule has 1 aliphatic heterocycles. The average molecular weight is 338 g/mol. The smallest absolute Gasteiger partial charge is 0.163 e. The van der Waals surface area contributed by atoms with Gasteiger partial charge < -0.3 is 10.1 Å². The first kappa shape index (κ1) is 16.5. The zero-order valence-corrected chi connectivity index (χ0v) is 15.1. The summed E-state index contributed by atoms with van der Waals surface area (Å²) in [5.41, 5.74) is 3.20. The molecule has 5 nitrogen and oxygen atoms in total. The lowest BCUT2D eigenvalue weighted by Crippen LogP contribution is -2.42. The van der Waals surface area contributed by atoms with Gasteiger partial charge in [0, 0.05) is 41.9 Å². The minimum absolute atomic E-state index is 0.109. The Hall–Kier alpha value is -2.01. The highest BCUT2D eigenvalue weighted by Crippen LogP contribution is 2.40. The van der Waals surface area contributed by atoms with Gasteiger partial charge in [0.15, 0.2) is 5.82 Å². The number of nitrogens with zero attached hydrogens (tertiary/aromatic N) is 3. The molecule has 0 bridgehead atoms. The maximum atomic E-state index is 6.16. The van der Waals surface area contributed by atoms with Crippen LogP contribution in [0.15, 0.2) is 24.5 Å². The maximum Gasteiger partial charge on any atom is 0.163 e. The molecule has 1 atom stereocenters. The van der Waals surface area contributed by atoms with Gasteiger partial charge in [-0.05, 0) is 51.7 Å². The molecule has 1 unspecified atom stereocenters. The number of hydrogen-bond donors (Lipinski definition) is 1. The van der Waals surface area contributed by atoms with E-state index in [0.29, 0.717) is 6.04 Å². The molecule has 2 fully saturated rings. The van der Waals surface area contributed by atoms with E-state index >= 15 is 0 Å². The Balaban J connectivity index is 1.58.